The zero-order valence-corrected chi connectivity index (χ0v) is 19.2. The van der Waals surface area contributed by atoms with Gasteiger partial charge in [-0.15, -0.1) is 5.10 Å². The number of sulfonamides is 1. The summed E-state index contributed by atoms with van der Waals surface area (Å²) in [7, 11) is -2.85. The maximum absolute atomic E-state index is 13.8. The van der Waals surface area contributed by atoms with Gasteiger partial charge in [0, 0.05) is 32.0 Å². The van der Waals surface area contributed by atoms with Gasteiger partial charge < -0.3 is 10.2 Å². The first kappa shape index (κ1) is 26.0. The molecular weight excluding hydrogens is 509 g/mol. The molecule has 1 saturated heterocycles. The van der Waals surface area contributed by atoms with Crippen molar-refractivity contribution in [1.29, 1.82) is 0 Å². The fourth-order valence-electron chi connectivity index (χ4n) is 3.38. The van der Waals surface area contributed by atoms with Crippen LogP contribution >= 0.6 is 11.6 Å². The highest BCUT2D eigenvalue weighted by molar-refractivity contribution is 7.89. The van der Waals surface area contributed by atoms with Crippen LogP contribution in [0.4, 0.5) is 33.3 Å². The SMILES string of the molecule is CNS(=O)(=O)c1cc(NC(=O)c2cc(Cl)c(C(F)(F)F)cc2N2CCCC(F)(F)CC2)cnn1. The lowest BCUT2D eigenvalue weighted by Gasteiger charge is -2.27. The summed E-state index contributed by atoms with van der Waals surface area (Å²) in [6.45, 7) is -0.288. The number of hydrogen-bond acceptors (Lipinski definition) is 6. The van der Waals surface area contributed by atoms with E-state index < -0.39 is 56.5 Å². The summed E-state index contributed by atoms with van der Waals surface area (Å²) < 4.78 is 93.9. The second-order valence-electron chi connectivity index (χ2n) is 7.49. The third kappa shape index (κ3) is 5.91. The Bertz CT molecular complexity index is 1190. The van der Waals surface area contributed by atoms with E-state index >= 15 is 0 Å². The summed E-state index contributed by atoms with van der Waals surface area (Å²) in [5.74, 6) is -3.92. The number of nitrogens with zero attached hydrogens (tertiary/aromatic N) is 3. The minimum Gasteiger partial charge on any atom is -0.371 e. The molecule has 1 amide bonds. The average Bonchev–Trinajstić information content (AvgIpc) is 2.93. The first-order chi connectivity index (χ1) is 15.7. The van der Waals surface area contributed by atoms with Crippen molar-refractivity contribution in [1.82, 2.24) is 14.9 Å². The Morgan fingerprint density at radius 1 is 1.18 bits per heavy atom. The minimum absolute atomic E-state index is 0.00243. The molecule has 1 aromatic carbocycles. The summed E-state index contributed by atoms with van der Waals surface area (Å²) in [5.41, 5.74) is -1.86. The number of nitrogens with one attached hydrogen (secondary N) is 2. The van der Waals surface area contributed by atoms with Gasteiger partial charge in [-0.3, -0.25) is 4.79 Å². The Labute approximate surface area is 196 Å². The lowest BCUT2D eigenvalue weighted by molar-refractivity contribution is -0.137. The molecule has 1 aliphatic heterocycles. The molecule has 2 aromatic rings. The van der Waals surface area contributed by atoms with E-state index in [0.717, 1.165) is 25.4 Å². The molecule has 1 aliphatic rings. The van der Waals surface area contributed by atoms with Gasteiger partial charge in [-0.1, -0.05) is 11.6 Å². The predicted molar refractivity (Wildman–Crippen MR) is 114 cm³/mol. The molecule has 15 heteroatoms. The molecule has 0 atom stereocenters. The molecule has 1 aromatic heterocycles. The van der Waals surface area contributed by atoms with Gasteiger partial charge in [-0.25, -0.2) is 21.9 Å². The highest BCUT2D eigenvalue weighted by atomic mass is 35.5. The van der Waals surface area contributed by atoms with Crippen LogP contribution in [0.25, 0.3) is 0 Å². The van der Waals surface area contributed by atoms with Crippen molar-refractivity contribution < 1.29 is 35.2 Å². The van der Waals surface area contributed by atoms with E-state index in [4.69, 9.17) is 11.6 Å². The van der Waals surface area contributed by atoms with E-state index in [1.54, 1.807) is 0 Å². The molecule has 0 unspecified atom stereocenters. The molecule has 0 bridgehead atoms. The number of aromatic nitrogens is 2. The second-order valence-corrected chi connectivity index (χ2v) is 9.73. The van der Waals surface area contributed by atoms with Crippen molar-refractivity contribution in [3.8, 4) is 0 Å². The van der Waals surface area contributed by atoms with Gasteiger partial charge in [-0.05, 0) is 25.6 Å². The van der Waals surface area contributed by atoms with Crippen LogP contribution in [0.3, 0.4) is 0 Å². The fraction of sp³-hybridized carbons (Fsp3) is 0.421. The number of hydrogen-bond donors (Lipinski definition) is 2. The van der Waals surface area contributed by atoms with Crippen LogP contribution in [-0.4, -0.2) is 50.6 Å². The highest BCUT2D eigenvalue weighted by Crippen LogP contribution is 2.40. The summed E-state index contributed by atoms with van der Waals surface area (Å²) in [4.78, 5) is 14.3. The number of carbonyl (C=O) groups excluding carboxylic acids is 1. The molecule has 0 saturated carbocycles. The molecule has 0 aliphatic carbocycles. The first-order valence-corrected chi connectivity index (χ1v) is 11.7. The number of rotatable bonds is 5. The molecule has 0 spiro atoms. The van der Waals surface area contributed by atoms with Crippen molar-refractivity contribution in [3.05, 3.63) is 40.5 Å². The molecular formula is C19H19ClF5N5O3S. The molecule has 0 radical (unpaired) electrons. The number of carbonyl (C=O) groups is 1. The topological polar surface area (TPSA) is 104 Å². The first-order valence-electron chi connectivity index (χ1n) is 9.85. The maximum Gasteiger partial charge on any atom is 0.417 e. The zero-order chi connectivity index (χ0) is 25.3. The molecule has 2 heterocycles. The van der Waals surface area contributed by atoms with Crippen LogP contribution in [0.15, 0.2) is 29.4 Å². The van der Waals surface area contributed by atoms with Gasteiger partial charge >= 0.3 is 6.18 Å². The van der Waals surface area contributed by atoms with Crippen molar-refractivity contribution >= 4 is 38.9 Å². The van der Waals surface area contributed by atoms with E-state index in [-0.39, 0.29) is 36.4 Å². The van der Waals surface area contributed by atoms with Gasteiger partial charge in [0.15, 0.2) is 5.03 Å². The summed E-state index contributed by atoms with van der Waals surface area (Å²) in [6.07, 6.45) is -4.85. The van der Waals surface area contributed by atoms with Gasteiger partial charge in [0.05, 0.1) is 33.7 Å². The molecule has 2 N–H and O–H groups in total. The summed E-state index contributed by atoms with van der Waals surface area (Å²) in [5, 5.41) is 8.03. The van der Waals surface area contributed by atoms with Crippen LogP contribution in [0.5, 0.6) is 0 Å². The second kappa shape index (κ2) is 9.58. The largest absolute Gasteiger partial charge is 0.417 e. The highest BCUT2D eigenvalue weighted by Gasteiger charge is 2.37. The van der Waals surface area contributed by atoms with Gasteiger partial charge in [0.25, 0.3) is 15.9 Å². The Kier molecular flexibility index (Phi) is 7.34. The molecule has 186 valence electrons. The van der Waals surface area contributed by atoms with Crippen LogP contribution in [0.1, 0.15) is 35.2 Å². The maximum atomic E-state index is 13.8. The standard InChI is InChI=1S/C19H19ClF5N5O3S/c1-26-34(32,33)16-7-11(10-27-29-16)28-17(31)12-8-14(20)13(19(23,24)25)9-15(12)30-5-2-3-18(21,22)4-6-30/h7-10,26H,2-6H2,1H3,(H,28,29,31). The molecule has 34 heavy (non-hydrogen) atoms. The van der Waals surface area contributed by atoms with E-state index in [0.29, 0.717) is 6.07 Å². The summed E-state index contributed by atoms with van der Waals surface area (Å²) >= 11 is 5.80. The number of benzene rings is 1. The van der Waals surface area contributed by atoms with Crippen molar-refractivity contribution in [2.24, 2.45) is 0 Å². The van der Waals surface area contributed by atoms with Crippen LogP contribution in [0, 0.1) is 0 Å². The van der Waals surface area contributed by atoms with Crippen molar-refractivity contribution in [2.45, 2.75) is 36.4 Å². The number of halogens is 6. The number of amides is 1. The van der Waals surface area contributed by atoms with Gasteiger partial charge in [0.2, 0.25) is 5.92 Å². The monoisotopic (exact) mass is 527 g/mol. The lowest BCUT2D eigenvalue weighted by Crippen LogP contribution is -2.29. The third-order valence-corrected chi connectivity index (χ3v) is 6.73. The van der Waals surface area contributed by atoms with E-state index in [2.05, 4.69) is 15.5 Å². The Morgan fingerprint density at radius 2 is 1.88 bits per heavy atom. The van der Waals surface area contributed by atoms with Crippen LogP contribution < -0.4 is 14.9 Å². The smallest absolute Gasteiger partial charge is 0.371 e. The summed E-state index contributed by atoms with van der Waals surface area (Å²) in [6, 6.07) is 2.45. The molecule has 3 rings (SSSR count). The van der Waals surface area contributed by atoms with E-state index in [1.807, 2.05) is 4.72 Å². The number of alkyl halides is 5. The average molecular weight is 528 g/mol. The molecule has 1 fully saturated rings. The number of anilines is 2. The van der Waals surface area contributed by atoms with E-state index in [9.17, 15) is 35.2 Å². The minimum atomic E-state index is -4.85. The Morgan fingerprint density at radius 3 is 2.53 bits per heavy atom. The van der Waals surface area contributed by atoms with Gasteiger partial charge in [0.1, 0.15) is 0 Å². The predicted octanol–water partition coefficient (Wildman–Crippen LogP) is 3.93. The fourth-order valence-corrected chi connectivity index (χ4v) is 4.29. The third-order valence-electron chi connectivity index (χ3n) is 5.13. The molecule has 8 nitrogen and oxygen atoms in total. The van der Waals surface area contributed by atoms with Crippen molar-refractivity contribution in [2.75, 3.05) is 30.4 Å². The van der Waals surface area contributed by atoms with Gasteiger partial charge in [-0.2, -0.15) is 18.3 Å². The zero-order valence-electron chi connectivity index (χ0n) is 17.6. The van der Waals surface area contributed by atoms with Crippen molar-refractivity contribution in [3.63, 3.8) is 0 Å². The Balaban J connectivity index is 2.02. The van der Waals surface area contributed by atoms with Crippen LogP contribution in [-0.2, 0) is 16.2 Å². The van der Waals surface area contributed by atoms with Crippen LogP contribution in [0.2, 0.25) is 5.02 Å². The normalized spacial score (nSPS) is 16.7. The Hall–Kier alpha value is -2.58. The quantitative estimate of drug-likeness (QED) is 0.571. The van der Waals surface area contributed by atoms with E-state index in [1.165, 1.54) is 4.90 Å². The lowest BCUT2D eigenvalue weighted by atomic mass is 10.1.